The number of benzene rings is 1. The maximum atomic E-state index is 12.2. The Labute approximate surface area is 144 Å². The maximum absolute atomic E-state index is 12.2. The summed E-state index contributed by atoms with van der Waals surface area (Å²) < 4.78 is 0.978. The molecule has 0 bridgehead atoms. The normalized spacial score (nSPS) is 15.2. The molecule has 5 nitrogen and oxygen atoms in total. The number of rotatable bonds is 4. The largest absolute Gasteiger partial charge is 0.349 e. The van der Waals surface area contributed by atoms with Gasteiger partial charge in [0, 0.05) is 28.6 Å². The van der Waals surface area contributed by atoms with Crippen LogP contribution in [0.3, 0.4) is 0 Å². The molecule has 0 aliphatic heterocycles. The molecule has 1 amide bonds. The second-order valence-electron chi connectivity index (χ2n) is 5.74. The number of carbonyl (C=O) groups excluding carboxylic acids is 1. The van der Waals surface area contributed by atoms with Gasteiger partial charge in [-0.1, -0.05) is 41.3 Å². The van der Waals surface area contributed by atoms with Crippen LogP contribution in [0.15, 0.2) is 41.1 Å². The lowest BCUT2D eigenvalue weighted by Crippen LogP contribution is -2.36. The summed E-state index contributed by atoms with van der Waals surface area (Å²) in [7, 11) is 0. The molecular weight excluding hydrogens is 356 g/mol. The van der Waals surface area contributed by atoms with Gasteiger partial charge in [-0.15, -0.1) is 0 Å². The molecule has 0 spiro atoms. The first-order chi connectivity index (χ1) is 11.2. The Morgan fingerprint density at radius 1 is 1.13 bits per heavy atom. The zero-order valence-electron chi connectivity index (χ0n) is 12.8. The van der Waals surface area contributed by atoms with Crippen molar-refractivity contribution in [2.75, 3.05) is 5.32 Å². The molecule has 23 heavy (non-hydrogen) atoms. The molecule has 2 aromatic rings. The number of carbonyl (C=O) groups is 1. The van der Waals surface area contributed by atoms with E-state index in [0.717, 1.165) is 23.0 Å². The summed E-state index contributed by atoms with van der Waals surface area (Å²) in [5.74, 6) is 0.378. The van der Waals surface area contributed by atoms with Gasteiger partial charge in [0.1, 0.15) is 0 Å². The van der Waals surface area contributed by atoms with Crippen molar-refractivity contribution in [2.45, 2.75) is 38.1 Å². The summed E-state index contributed by atoms with van der Waals surface area (Å²) in [6.45, 7) is 0. The van der Waals surface area contributed by atoms with Crippen molar-refractivity contribution >= 4 is 33.5 Å². The number of anilines is 2. The lowest BCUT2D eigenvalue weighted by atomic mass is 9.95. The summed E-state index contributed by atoms with van der Waals surface area (Å²) in [5.41, 5.74) is 1.38. The van der Waals surface area contributed by atoms with Gasteiger partial charge in [0.2, 0.25) is 5.95 Å². The van der Waals surface area contributed by atoms with Crippen LogP contribution in [0.4, 0.5) is 11.6 Å². The van der Waals surface area contributed by atoms with Crippen LogP contribution in [0.25, 0.3) is 0 Å². The van der Waals surface area contributed by atoms with Crippen LogP contribution in [0.1, 0.15) is 42.5 Å². The number of nitrogens with zero attached hydrogens (tertiary/aromatic N) is 2. The highest BCUT2D eigenvalue weighted by molar-refractivity contribution is 9.10. The van der Waals surface area contributed by atoms with Crippen LogP contribution in [0.2, 0.25) is 0 Å². The Balaban J connectivity index is 1.61. The summed E-state index contributed by atoms with van der Waals surface area (Å²) in [6, 6.07) is 8.03. The van der Waals surface area contributed by atoms with Crippen molar-refractivity contribution in [3.8, 4) is 0 Å². The van der Waals surface area contributed by atoms with E-state index in [-0.39, 0.29) is 11.9 Å². The second kappa shape index (κ2) is 7.55. The van der Waals surface area contributed by atoms with Gasteiger partial charge in [0.05, 0.1) is 5.56 Å². The van der Waals surface area contributed by atoms with E-state index in [2.05, 4.69) is 36.5 Å². The molecule has 0 radical (unpaired) electrons. The van der Waals surface area contributed by atoms with Crippen molar-refractivity contribution in [1.82, 2.24) is 15.3 Å². The predicted molar refractivity (Wildman–Crippen MR) is 93.8 cm³/mol. The minimum Gasteiger partial charge on any atom is -0.349 e. The van der Waals surface area contributed by atoms with Crippen LogP contribution < -0.4 is 10.6 Å². The van der Waals surface area contributed by atoms with Gasteiger partial charge in [0.15, 0.2) is 0 Å². The van der Waals surface area contributed by atoms with Gasteiger partial charge in [-0.2, -0.15) is 0 Å². The standard InChI is InChI=1S/C17H19BrN4O/c18-13-5-4-8-15(9-13)22-17-19-10-12(11-20-17)16(23)21-14-6-2-1-3-7-14/h4-5,8-11,14H,1-3,6-7H2,(H,21,23)(H,19,20,22). The summed E-state index contributed by atoms with van der Waals surface area (Å²) in [5, 5.41) is 6.17. The van der Waals surface area contributed by atoms with E-state index in [4.69, 9.17) is 0 Å². The Morgan fingerprint density at radius 2 is 1.87 bits per heavy atom. The zero-order valence-corrected chi connectivity index (χ0v) is 14.3. The molecule has 1 saturated carbocycles. The molecule has 3 rings (SSSR count). The highest BCUT2D eigenvalue weighted by Crippen LogP contribution is 2.19. The Kier molecular flexibility index (Phi) is 5.23. The lowest BCUT2D eigenvalue weighted by molar-refractivity contribution is 0.0927. The smallest absolute Gasteiger partial charge is 0.254 e. The monoisotopic (exact) mass is 374 g/mol. The number of hydrogen-bond acceptors (Lipinski definition) is 4. The van der Waals surface area contributed by atoms with Gasteiger partial charge in [-0.3, -0.25) is 4.79 Å². The fourth-order valence-electron chi connectivity index (χ4n) is 2.72. The molecule has 1 aromatic heterocycles. The van der Waals surface area contributed by atoms with Gasteiger partial charge in [0.25, 0.3) is 5.91 Å². The van der Waals surface area contributed by atoms with Gasteiger partial charge in [-0.25, -0.2) is 9.97 Å². The molecule has 0 saturated heterocycles. The maximum Gasteiger partial charge on any atom is 0.254 e. The highest BCUT2D eigenvalue weighted by Gasteiger charge is 2.17. The molecule has 1 aliphatic carbocycles. The SMILES string of the molecule is O=C(NC1CCCCC1)c1cnc(Nc2cccc(Br)c2)nc1. The van der Waals surface area contributed by atoms with E-state index in [1.807, 2.05) is 24.3 Å². The van der Waals surface area contributed by atoms with Crippen molar-refractivity contribution in [1.29, 1.82) is 0 Å². The number of halogens is 1. The van der Waals surface area contributed by atoms with E-state index in [1.165, 1.54) is 19.3 Å². The van der Waals surface area contributed by atoms with E-state index in [0.29, 0.717) is 11.5 Å². The van der Waals surface area contributed by atoms with Crippen LogP contribution in [0.5, 0.6) is 0 Å². The first-order valence-electron chi connectivity index (χ1n) is 7.86. The van der Waals surface area contributed by atoms with Crippen LogP contribution >= 0.6 is 15.9 Å². The second-order valence-corrected chi connectivity index (χ2v) is 6.65. The average Bonchev–Trinajstić information content (AvgIpc) is 2.56. The first kappa shape index (κ1) is 15.9. The average molecular weight is 375 g/mol. The fraction of sp³-hybridized carbons (Fsp3) is 0.353. The lowest BCUT2D eigenvalue weighted by Gasteiger charge is -2.22. The van der Waals surface area contributed by atoms with E-state index in [1.54, 1.807) is 12.4 Å². The summed E-state index contributed by atoms with van der Waals surface area (Å²) in [6.07, 6.45) is 8.90. The number of amides is 1. The fourth-order valence-corrected chi connectivity index (χ4v) is 3.12. The van der Waals surface area contributed by atoms with Crippen LogP contribution in [0, 0.1) is 0 Å². The Bertz CT molecular complexity index is 669. The number of nitrogens with one attached hydrogen (secondary N) is 2. The van der Waals surface area contributed by atoms with E-state index >= 15 is 0 Å². The molecule has 120 valence electrons. The van der Waals surface area contributed by atoms with Gasteiger partial charge < -0.3 is 10.6 Å². The first-order valence-corrected chi connectivity index (χ1v) is 8.65. The van der Waals surface area contributed by atoms with Crippen LogP contribution in [-0.2, 0) is 0 Å². The van der Waals surface area contributed by atoms with Gasteiger partial charge >= 0.3 is 0 Å². The molecule has 0 atom stereocenters. The molecule has 2 N–H and O–H groups in total. The summed E-state index contributed by atoms with van der Waals surface area (Å²) in [4.78, 5) is 20.6. The summed E-state index contributed by atoms with van der Waals surface area (Å²) >= 11 is 3.42. The van der Waals surface area contributed by atoms with Crippen molar-refractivity contribution in [2.24, 2.45) is 0 Å². The molecule has 1 aliphatic rings. The Hall–Kier alpha value is -1.95. The minimum atomic E-state index is -0.0918. The molecular formula is C17H19BrN4O. The topological polar surface area (TPSA) is 66.9 Å². The van der Waals surface area contributed by atoms with E-state index < -0.39 is 0 Å². The minimum absolute atomic E-state index is 0.0918. The third-order valence-electron chi connectivity index (χ3n) is 3.94. The number of hydrogen-bond donors (Lipinski definition) is 2. The molecule has 1 heterocycles. The van der Waals surface area contributed by atoms with E-state index in [9.17, 15) is 4.79 Å². The quantitative estimate of drug-likeness (QED) is 0.846. The van der Waals surface area contributed by atoms with Crippen molar-refractivity contribution in [3.63, 3.8) is 0 Å². The molecule has 6 heteroatoms. The third kappa shape index (κ3) is 4.51. The molecule has 1 fully saturated rings. The van der Waals surface area contributed by atoms with Gasteiger partial charge in [-0.05, 0) is 31.0 Å². The Morgan fingerprint density at radius 3 is 2.57 bits per heavy atom. The molecule has 0 unspecified atom stereocenters. The number of aromatic nitrogens is 2. The predicted octanol–water partition coefficient (Wildman–Crippen LogP) is 4.05. The zero-order chi connectivity index (χ0) is 16.1. The highest BCUT2D eigenvalue weighted by atomic mass is 79.9. The molecule has 1 aromatic carbocycles. The van der Waals surface area contributed by atoms with Crippen molar-refractivity contribution < 1.29 is 4.79 Å². The van der Waals surface area contributed by atoms with Crippen molar-refractivity contribution in [3.05, 3.63) is 46.7 Å². The third-order valence-corrected chi connectivity index (χ3v) is 4.43. The van der Waals surface area contributed by atoms with Crippen LogP contribution in [-0.4, -0.2) is 21.9 Å².